The molecule has 1 N–H and O–H groups in total. The maximum absolute atomic E-state index is 5.88. The Kier molecular flexibility index (Phi) is 8.07. The van der Waals surface area contributed by atoms with Crippen LogP contribution in [0.1, 0.15) is 31.5 Å². The Balaban J connectivity index is 1.55. The summed E-state index contributed by atoms with van der Waals surface area (Å²) in [7, 11) is 1.64. The van der Waals surface area contributed by atoms with Crippen LogP contribution in [0.4, 0.5) is 5.69 Å². The molecular weight excluding hydrogens is 436 g/mol. The number of hydrogen-bond acceptors (Lipinski definition) is 5. The summed E-state index contributed by atoms with van der Waals surface area (Å²) >= 11 is 0. The molecule has 0 radical (unpaired) electrons. The molecule has 6 nitrogen and oxygen atoms in total. The highest BCUT2D eigenvalue weighted by Gasteiger charge is 2.08. The monoisotopic (exact) mass is 466 g/mol. The van der Waals surface area contributed by atoms with E-state index in [1.54, 1.807) is 13.3 Å². The van der Waals surface area contributed by atoms with Crippen LogP contribution in [-0.4, -0.2) is 30.8 Å². The van der Waals surface area contributed by atoms with Gasteiger partial charge in [-0.15, -0.1) is 0 Å². The number of methoxy groups -OCH3 is 1. The number of benzene rings is 3. The summed E-state index contributed by atoms with van der Waals surface area (Å²) in [5.74, 6) is 2.54. The first-order valence-electron chi connectivity index (χ1n) is 11.7. The van der Waals surface area contributed by atoms with Gasteiger partial charge in [-0.05, 0) is 60.4 Å². The zero-order valence-corrected chi connectivity index (χ0v) is 20.3. The molecule has 0 atom stereocenters. The minimum atomic E-state index is 0.554. The van der Waals surface area contributed by atoms with Gasteiger partial charge in [-0.2, -0.15) is 5.10 Å². The van der Waals surface area contributed by atoms with E-state index in [4.69, 9.17) is 19.5 Å². The van der Waals surface area contributed by atoms with Crippen LogP contribution >= 0.6 is 0 Å². The summed E-state index contributed by atoms with van der Waals surface area (Å²) < 4.78 is 11.4. The number of amidine groups is 1. The molecule has 4 aromatic rings. The first-order chi connectivity index (χ1) is 17.1. The Morgan fingerprint density at radius 1 is 0.943 bits per heavy atom. The molecular formula is C29H30N4O2. The highest BCUT2D eigenvalue weighted by Crippen LogP contribution is 2.28. The lowest BCUT2D eigenvalue weighted by atomic mass is 10.1. The van der Waals surface area contributed by atoms with Crippen LogP contribution in [0.15, 0.2) is 95.0 Å². The predicted octanol–water partition coefficient (Wildman–Crippen LogP) is 6.37. The number of rotatable bonds is 9. The molecule has 178 valence electrons. The van der Waals surface area contributed by atoms with Crippen molar-refractivity contribution in [3.8, 4) is 11.5 Å². The van der Waals surface area contributed by atoms with Crippen LogP contribution in [0.3, 0.4) is 0 Å². The maximum Gasteiger partial charge on any atom is 0.173 e. The third-order valence-corrected chi connectivity index (χ3v) is 5.36. The van der Waals surface area contributed by atoms with Gasteiger partial charge in [0.2, 0.25) is 0 Å². The van der Waals surface area contributed by atoms with Crippen molar-refractivity contribution in [2.24, 2.45) is 16.0 Å². The van der Waals surface area contributed by atoms with Gasteiger partial charge in [-0.1, -0.05) is 56.3 Å². The number of hydrogen-bond donors (Lipinski definition) is 1. The molecule has 0 saturated carbocycles. The van der Waals surface area contributed by atoms with Gasteiger partial charge in [-0.3, -0.25) is 5.43 Å². The van der Waals surface area contributed by atoms with E-state index in [0.717, 1.165) is 34.3 Å². The van der Waals surface area contributed by atoms with Crippen molar-refractivity contribution in [1.82, 2.24) is 10.4 Å². The highest BCUT2D eigenvalue weighted by atomic mass is 16.5. The first-order valence-corrected chi connectivity index (χ1v) is 11.7. The predicted molar refractivity (Wildman–Crippen MR) is 143 cm³/mol. The van der Waals surface area contributed by atoms with Crippen LogP contribution in [-0.2, 0) is 0 Å². The Morgan fingerprint density at radius 3 is 2.54 bits per heavy atom. The fraction of sp³-hybridized carbons (Fsp3) is 0.207. The lowest BCUT2D eigenvalue weighted by Gasteiger charge is -2.12. The molecule has 0 saturated heterocycles. The summed E-state index contributed by atoms with van der Waals surface area (Å²) in [6.45, 7) is 5.01. The van der Waals surface area contributed by atoms with E-state index in [-0.39, 0.29) is 0 Å². The third-order valence-electron chi connectivity index (χ3n) is 5.36. The zero-order chi connectivity index (χ0) is 24.5. The molecule has 35 heavy (non-hydrogen) atoms. The average molecular weight is 467 g/mol. The largest absolute Gasteiger partial charge is 0.493 e. The number of nitrogens with one attached hydrogen (secondary N) is 1. The van der Waals surface area contributed by atoms with E-state index in [2.05, 4.69) is 24.4 Å². The second kappa shape index (κ2) is 11.8. The van der Waals surface area contributed by atoms with Crippen molar-refractivity contribution >= 4 is 28.6 Å². The summed E-state index contributed by atoms with van der Waals surface area (Å²) in [6.07, 6.45) is 2.71. The van der Waals surface area contributed by atoms with Gasteiger partial charge in [0.1, 0.15) is 5.69 Å². The maximum atomic E-state index is 5.88. The van der Waals surface area contributed by atoms with Crippen molar-refractivity contribution in [3.05, 3.63) is 96.2 Å². The Labute approximate surface area is 206 Å². The van der Waals surface area contributed by atoms with Crippen molar-refractivity contribution < 1.29 is 9.47 Å². The molecule has 3 aromatic carbocycles. The molecule has 0 aliphatic rings. The molecule has 0 spiro atoms. The lowest BCUT2D eigenvalue weighted by molar-refractivity contribution is 0.273. The summed E-state index contributed by atoms with van der Waals surface area (Å²) in [5, 5.41) is 5.51. The van der Waals surface area contributed by atoms with E-state index < -0.39 is 0 Å². The molecule has 0 bridgehead atoms. The molecule has 0 fully saturated rings. The molecule has 0 unspecified atom stereocenters. The third kappa shape index (κ3) is 6.67. The molecule has 1 heterocycles. The van der Waals surface area contributed by atoms with Gasteiger partial charge in [0.25, 0.3) is 0 Å². The average Bonchev–Trinajstić information content (AvgIpc) is 2.89. The van der Waals surface area contributed by atoms with Gasteiger partial charge in [0.05, 0.1) is 31.1 Å². The quantitative estimate of drug-likeness (QED) is 0.177. The fourth-order valence-electron chi connectivity index (χ4n) is 3.43. The number of aromatic nitrogens is 1. The summed E-state index contributed by atoms with van der Waals surface area (Å²) in [6, 6.07) is 27.5. The molecule has 0 amide bonds. The van der Waals surface area contributed by atoms with Crippen LogP contribution < -0.4 is 14.9 Å². The minimum absolute atomic E-state index is 0.554. The van der Waals surface area contributed by atoms with Crippen molar-refractivity contribution in [2.75, 3.05) is 13.7 Å². The van der Waals surface area contributed by atoms with E-state index in [1.807, 2.05) is 84.9 Å². The van der Waals surface area contributed by atoms with E-state index in [9.17, 15) is 0 Å². The molecule has 1 aromatic heterocycles. The lowest BCUT2D eigenvalue weighted by Crippen LogP contribution is -2.20. The Morgan fingerprint density at radius 2 is 1.74 bits per heavy atom. The van der Waals surface area contributed by atoms with Crippen LogP contribution in [0.2, 0.25) is 0 Å². The number of para-hydroxylation sites is 2. The van der Waals surface area contributed by atoms with Gasteiger partial charge in [0.15, 0.2) is 17.3 Å². The Hall–Kier alpha value is -4.19. The SMILES string of the molecule is COc1cc(C=NNC(=Nc2ccccc2)c2ccc3ccccc3n2)ccc1OCCC(C)C. The second-order valence-corrected chi connectivity index (χ2v) is 8.50. The molecule has 4 rings (SSSR count). The van der Waals surface area contributed by atoms with E-state index in [1.165, 1.54) is 0 Å². The number of hydrazone groups is 1. The number of aliphatic imine (C=N–C) groups is 1. The molecule has 0 aliphatic heterocycles. The summed E-state index contributed by atoms with van der Waals surface area (Å²) in [5.41, 5.74) is 6.37. The number of pyridine rings is 1. The summed E-state index contributed by atoms with van der Waals surface area (Å²) in [4.78, 5) is 9.52. The normalized spacial score (nSPS) is 11.8. The zero-order valence-electron chi connectivity index (χ0n) is 20.3. The van der Waals surface area contributed by atoms with Gasteiger partial charge in [0, 0.05) is 5.39 Å². The topological polar surface area (TPSA) is 68.1 Å². The number of nitrogens with zero attached hydrogens (tertiary/aromatic N) is 3. The minimum Gasteiger partial charge on any atom is -0.493 e. The van der Waals surface area contributed by atoms with E-state index >= 15 is 0 Å². The molecule has 0 aliphatic carbocycles. The first kappa shape index (κ1) is 24.0. The van der Waals surface area contributed by atoms with Gasteiger partial charge >= 0.3 is 0 Å². The van der Waals surface area contributed by atoms with Crippen LogP contribution in [0, 0.1) is 5.92 Å². The number of ether oxygens (including phenoxy) is 2. The standard InChI is InChI=1S/C29H30N4O2/c1-21(2)17-18-35-27-16-13-22(19-28(27)34-3)20-30-33-29(31-24-10-5-4-6-11-24)26-15-14-23-9-7-8-12-25(23)32-26/h4-16,19-21H,17-18H2,1-3H3,(H,31,33). The van der Waals surface area contributed by atoms with Crippen molar-refractivity contribution in [3.63, 3.8) is 0 Å². The van der Waals surface area contributed by atoms with Gasteiger partial charge in [-0.25, -0.2) is 9.98 Å². The van der Waals surface area contributed by atoms with Gasteiger partial charge < -0.3 is 9.47 Å². The van der Waals surface area contributed by atoms with Crippen molar-refractivity contribution in [2.45, 2.75) is 20.3 Å². The fourth-order valence-corrected chi connectivity index (χ4v) is 3.43. The number of fused-ring (bicyclic) bond motifs is 1. The Bertz CT molecular complexity index is 1320. The van der Waals surface area contributed by atoms with Crippen LogP contribution in [0.5, 0.6) is 11.5 Å². The smallest absolute Gasteiger partial charge is 0.173 e. The van der Waals surface area contributed by atoms with E-state index in [0.29, 0.717) is 29.8 Å². The van der Waals surface area contributed by atoms with Crippen LogP contribution in [0.25, 0.3) is 10.9 Å². The molecule has 6 heteroatoms. The van der Waals surface area contributed by atoms with Crippen molar-refractivity contribution in [1.29, 1.82) is 0 Å². The second-order valence-electron chi connectivity index (χ2n) is 8.50. The highest BCUT2D eigenvalue weighted by molar-refractivity contribution is 6.00.